The van der Waals surface area contributed by atoms with E-state index in [9.17, 15) is 9.59 Å². The number of hydrogen-bond acceptors (Lipinski definition) is 6. The first-order valence-corrected chi connectivity index (χ1v) is 11.8. The van der Waals surface area contributed by atoms with E-state index < -0.39 is 11.9 Å². The Hall–Kier alpha value is -3.23. The van der Waals surface area contributed by atoms with Crippen LogP contribution < -0.4 is 10.2 Å². The summed E-state index contributed by atoms with van der Waals surface area (Å²) in [7, 11) is 0. The van der Waals surface area contributed by atoms with Gasteiger partial charge in [-0.2, -0.15) is 0 Å². The normalized spacial score (nSPS) is 10.4. The molecular formula is C25H26N2O4S2. The molecule has 1 aromatic heterocycles. The fourth-order valence-electron chi connectivity index (χ4n) is 3.26. The first-order chi connectivity index (χ1) is 16.0. The van der Waals surface area contributed by atoms with Gasteiger partial charge in [0.2, 0.25) is 0 Å². The number of anilines is 2. The van der Waals surface area contributed by atoms with Crippen molar-refractivity contribution in [1.82, 2.24) is 0 Å². The van der Waals surface area contributed by atoms with E-state index in [0.29, 0.717) is 32.7 Å². The highest BCUT2D eigenvalue weighted by molar-refractivity contribution is 7.80. The van der Waals surface area contributed by atoms with Gasteiger partial charge in [-0.15, -0.1) is 11.3 Å². The molecule has 1 heterocycles. The fraction of sp³-hybridized carbons (Fsp3) is 0.240. The van der Waals surface area contributed by atoms with Crippen LogP contribution in [0.5, 0.6) is 0 Å². The first-order valence-electron chi connectivity index (χ1n) is 10.6. The van der Waals surface area contributed by atoms with Crippen LogP contribution in [0.4, 0.5) is 10.7 Å². The van der Waals surface area contributed by atoms with Gasteiger partial charge in [-0.3, -0.25) is 0 Å². The van der Waals surface area contributed by atoms with E-state index in [4.69, 9.17) is 21.7 Å². The quantitative estimate of drug-likeness (QED) is 0.321. The van der Waals surface area contributed by atoms with E-state index in [1.54, 1.807) is 20.8 Å². The molecule has 172 valence electrons. The van der Waals surface area contributed by atoms with Gasteiger partial charge in [0.05, 0.1) is 25.3 Å². The zero-order valence-electron chi connectivity index (χ0n) is 18.8. The number of para-hydroxylation sites is 1. The van der Waals surface area contributed by atoms with Crippen LogP contribution in [0.2, 0.25) is 0 Å². The maximum atomic E-state index is 12.7. The van der Waals surface area contributed by atoms with Crippen molar-refractivity contribution in [3.8, 4) is 0 Å². The van der Waals surface area contributed by atoms with E-state index in [-0.39, 0.29) is 13.2 Å². The number of nitrogens with zero attached hydrogens (tertiary/aromatic N) is 1. The summed E-state index contributed by atoms with van der Waals surface area (Å²) in [4.78, 5) is 27.5. The fourth-order valence-corrected chi connectivity index (χ4v) is 4.69. The molecule has 1 N–H and O–H groups in total. The van der Waals surface area contributed by atoms with Gasteiger partial charge in [0.15, 0.2) is 5.11 Å². The summed E-state index contributed by atoms with van der Waals surface area (Å²) in [5.74, 6) is -0.991. The molecule has 0 spiro atoms. The summed E-state index contributed by atoms with van der Waals surface area (Å²) >= 11 is 6.91. The SMILES string of the molecule is CCOC(=O)c1sc(NC(=S)N(Cc2ccccc2)c2ccccc2)c(C(=O)OCC)c1C. The lowest BCUT2D eigenvalue weighted by molar-refractivity contribution is 0.0527. The number of esters is 2. The molecule has 0 amide bonds. The highest BCUT2D eigenvalue weighted by Crippen LogP contribution is 2.35. The zero-order valence-corrected chi connectivity index (χ0v) is 20.4. The number of carbonyl (C=O) groups excluding carboxylic acids is 2. The van der Waals surface area contributed by atoms with Crippen molar-refractivity contribution in [2.45, 2.75) is 27.3 Å². The third-order valence-corrected chi connectivity index (χ3v) is 6.31. The largest absolute Gasteiger partial charge is 0.462 e. The lowest BCUT2D eigenvalue weighted by Crippen LogP contribution is -2.34. The van der Waals surface area contributed by atoms with Crippen molar-refractivity contribution in [2.75, 3.05) is 23.4 Å². The lowest BCUT2D eigenvalue weighted by Gasteiger charge is -2.26. The zero-order chi connectivity index (χ0) is 23.8. The van der Waals surface area contributed by atoms with Crippen molar-refractivity contribution in [3.05, 3.63) is 82.2 Å². The van der Waals surface area contributed by atoms with E-state index in [1.165, 1.54) is 0 Å². The Labute approximate surface area is 203 Å². The molecule has 3 aromatic rings. The number of hydrogen-bond donors (Lipinski definition) is 1. The second-order valence-electron chi connectivity index (χ2n) is 7.04. The van der Waals surface area contributed by atoms with Gasteiger partial charge >= 0.3 is 11.9 Å². The maximum absolute atomic E-state index is 12.7. The molecule has 0 saturated carbocycles. The molecule has 0 fully saturated rings. The standard InChI is InChI=1S/C25H26N2O4S2/c1-4-30-23(28)20-17(3)21(24(29)31-5-2)33-22(20)26-25(32)27(19-14-10-7-11-15-19)16-18-12-8-6-9-13-18/h6-15H,4-5,16H2,1-3H3,(H,26,32). The molecule has 0 atom stereocenters. The predicted molar refractivity (Wildman–Crippen MR) is 136 cm³/mol. The van der Waals surface area contributed by atoms with Gasteiger partial charge in [-0.1, -0.05) is 48.5 Å². The van der Waals surface area contributed by atoms with Crippen LogP contribution in [0.1, 0.15) is 45.0 Å². The average Bonchev–Trinajstić information content (AvgIpc) is 3.14. The minimum atomic E-state index is -0.513. The van der Waals surface area contributed by atoms with E-state index in [1.807, 2.05) is 65.6 Å². The number of carbonyl (C=O) groups is 2. The minimum Gasteiger partial charge on any atom is -0.462 e. The molecule has 0 aliphatic heterocycles. The van der Waals surface area contributed by atoms with Crippen LogP contribution in [-0.4, -0.2) is 30.3 Å². The van der Waals surface area contributed by atoms with Gasteiger partial charge in [-0.05, 0) is 56.2 Å². The molecule has 3 rings (SSSR count). The summed E-state index contributed by atoms with van der Waals surface area (Å²) in [5.41, 5.74) is 2.78. The third kappa shape index (κ3) is 5.97. The Morgan fingerprint density at radius 1 is 0.939 bits per heavy atom. The Kier molecular flexibility index (Phi) is 8.57. The van der Waals surface area contributed by atoms with Crippen LogP contribution in [0.25, 0.3) is 0 Å². The molecule has 2 aromatic carbocycles. The second kappa shape index (κ2) is 11.6. The summed E-state index contributed by atoms with van der Waals surface area (Å²) < 4.78 is 10.4. The molecular weight excluding hydrogens is 456 g/mol. The Morgan fingerprint density at radius 3 is 2.12 bits per heavy atom. The second-order valence-corrected chi connectivity index (χ2v) is 8.45. The maximum Gasteiger partial charge on any atom is 0.348 e. The molecule has 0 radical (unpaired) electrons. The number of thiophene rings is 1. The van der Waals surface area contributed by atoms with Crippen molar-refractivity contribution in [3.63, 3.8) is 0 Å². The summed E-state index contributed by atoms with van der Waals surface area (Å²) in [5, 5.41) is 4.04. The van der Waals surface area contributed by atoms with Gasteiger partial charge in [0.1, 0.15) is 9.88 Å². The molecule has 6 nitrogen and oxygen atoms in total. The van der Waals surface area contributed by atoms with Crippen molar-refractivity contribution in [2.24, 2.45) is 0 Å². The van der Waals surface area contributed by atoms with Crippen LogP contribution in [0.15, 0.2) is 60.7 Å². The van der Waals surface area contributed by atoms with E-state index in [0.717, 1.165) is 22.6 Å². The summed E-state index contributed by atoms with van der Waals surface area (Å²) in [6.45, 7) is 6.17. The van der Waals surface area contributed by atoms with Gasteiger partial charge < -0.3 is 19.7 Å². The minimum absolute atomic E-state index is 0.219. The van der Waals surface area contributed by atoms with Gasteiger partial charge in [0.25, 0.3) is 0 Å². The number of ether oxygens (including phenoxy) is 2. The van der Waals surface area contributed by atoms with E-state index >= 15 is 0 Å². The number of nitrogens with one attached hydrogen (secondary N) is 1. The van der Waals surface area contributed by atoms with Crippen LogP contribution in [-0.2, 0) is 16.0 Å². The van der Waals surface area contributed by atoms with Crippen molar-refractivity contribution >= 4 is 51.3 Å². The van der Waals surface area contributed by atoms with Crippen LogP contribution >= 0.6 is 23.6 Å². The topological polar surface area (TPSA) is 67.9 Å². The van der Waals surface area contributed by atoms with E-state index in [2.05, 4.69) is 5.32 Å². The summed E-state index contributed by atoms with van der Waals surface area (Å²) in [6.07, 6.45) is 0. The molecule has 0 bridgehead atoms. The monoisotopic (exact) mass is 482 g/mol. The molecule has 0 unspecified atom stereocenters. The molecule has 33 heavy (non-hydrogen) atoms. The van der Waals surface area contributed by atoms with Gasteiger partial charge in [0, 0.05) is 5.69 Å². The number of thiocarbonyl (C=S) groups is 1. The van der Waals surface area contributed by atoms with Crippen molar-refractivity contribution in [1.29, 1.82) is 0 Å². The molecule has 0 aliphatic rings. The molecule has 0 aliphatic carbocycles. The van der Waals surface area contributed by atoms with Crippen molar-refractivity contribution < 1.29 is 19.1 Å². The van der Waals surface area contributed by atoms with Crippen LogP contribution in [0.3, 0.4) is 0 Å². The average molecular weight is 483 g/mol. The van der Waals surface area contributed by atoms with Crippen LogP contribution in [0, 0.1) is 6.92 Å². The first kappa shape index (κ1) is 24.4. The number of benzene rings is 2. The van der Waals surface area contributed by atoms with Gasteiger partial charge in [-0.25, -0.2) is 9.59 Å². The Balaban J connectivity index is 1.97. The molecule has 0 saturated heterocycles. The number of rotatable bonds is 8. The predicted octanol–water partition coefficient (Wildman–Crippen LogP) is 5.81. The molecule has 8 heteroatoms. The smallest absolute Gasteiger partial charge is 0.348 e. The highest BCUT2D eigenvalue weighted by Gasteiger charge is 2.27. The third-order valence-electron chi connectivity index (χ3n) is 4.80. The Bertz CT molecular complexity index is 1110. The Morgan fingerprint density at radius 2 is 1.52 bits per heavy atom. The summed E-state index contributed by atoms with van der Waals surface area (Å²) in [6, 6.07) is 19.7. The lowest BCUT2D eigenvalue weighted by atomic mass is 10.1. The highest BCUT2D eigenvalue weighted by atomic mass is 32.1.